The Morgan fingerprint density at radius 3 is 2.78 bits per heavy atom. The number of ether oxygens (including phenoxy) is 1. The highest BCUT2D eigenvalue weighted by Gasteiger charge is 2.35. The molecule has 5 rings (SSSR count). The lowest BCUT2D eigenvalue weighted by Gasteiger charge is -2.21. The van der Waals surface area contributed by atoms with E-state index in [1.165, 1.54) is 48.1 Å². The fraction of sp³-hybridized carbons (Fsp3) is 0.350. The van der Waals surface area contributed by atoms with Crippen molar-refractivity contribution in [2.24, 2.45) is 7.05 Å². The van der Waals surface area contributed by atoms with E-state index in [9.17, 15) is 0 Å². The average molecular weight is 306 g/mol. The van der Waals surface area contributed by atoms with Gasteiger partial charge in [0.15, 0.2) is 11.9 Å². The molecule has 3 heterocycles. The van der Waals surface area contributed by atoms with Gasteiger partial charge in [-0.1, -0.05) is 18.9 Å². The van der Waals surface area contributed by atoms with E-state index in [1.54, 1.807) is 6.26 Å². The fourth-order valence-electron chi connectivity index (χ4n) is 4.29. The van der Waals surface area contributed by atoms with Crippen molar-refractivity contribution in [2.45, 2.75) is 38.5 Å². The predicted octanol–water partition coefficient (Wildman–Crippen LogP) is 5.00. The molecule has 3 nitrogen and oxygen atoms in total. The molecule has 0 N–H and O–H groups in total. The number of furan rings is 1. The SMILES string of the molecule is Cc1ccc2occ3c2c1-c1c(c(C2CCCC2)cc[n+]1C)O3. The average Bonchev–Trinajstić information content (AvgIpc) is 3.21. The van der Waals surface area contributed by atoms with Crippen LogP contribution in [0.4, 0.5) is 0 Å². The van der Waals surface area contributed by atoms with Gasteiger partial charge in [-0.25, -0.2) is 0 Å². The van der Waals surface area contributed by atoms with Crippen molar-refractivity contribution >= 4 is 11.0 Å². The third-order valence-corrected chi connectivity index (χ3v) is 5.47. The summed E-state index contributed by atoms with van der Waals surface area (Å²) in [6.07, 6.45) is 9.12. The zero-order valence-electron chi connectivity index (χ0n) is 13.6. The Labute approximate surface area is 135 Å². The van der Waals surface area contributed by atoms with Crippen LogP contribution in [0.15, 0.2) is 35.1 Å². The van der Waals surface area contributed by atoms with Gasteiger partial charge >= 0.3 is 0 Å². The third-order valence-electron chi connectivity index (χ3n) is 5.47. The van der Waals surface area contributed by atoms with Crippen LogP contribution in [-0.2, 0) is 7.05 Å². The molecule has 2 aromatic heterocycles. The number of benzene rings is 1. The first kappa shape index (κ1) is 13.2. The lowest BCUT2D eigenvalue weighted by atomic mass is 9.91. The maximum absolute atomic E-state index is 6.35. The van der Waals surface area contributed by atoms with Gasteiger partial charge < -0.3 is 9.15 Å². The summed E-state index contributed by atoms with van der Waals surface area (Å²) in [5.41, 5.74) is 5.97. The molecule has 116 valence electrons. The number of aryl methyl sites for hydroxylation is 2. The first-order valence-corrected chi connectivity index (χ1v) is 8.45. The number of rotatable bonds is 1. The summed E-state index contributed by atoms with van der Waals surface area (Å²) in [5, 5.41) is 1.11. The maximum atomic E-state index is 6.35. The van der Waals surface area contributed by atoms with Crippen LogP contribution in [0.3, 0.4) is 0 Å². The molecule has 1 saturated carbocycles. The van der Waals surface area contributed by atoms with Crippen molar-refractivity contribution in [2.75, 3.05) is 0 Å². The fourth-order valence-corrected chi connectivity index (χ4v) is 4.29. The minimum atomic E-state index is 0.623. The highest BCUT2D eigenvalue weighted by molar-refractivity contribution is 6.02. The molecule has 3 aromatic rings. The normalized spacial score (nSPS) is 16.6. The second kappa shape index (κ2) is 4.60. The Kier molecular flexibility index (Phi) is 2.64. The lowest BCUT2D eigenvalue weighted by Crippen LogP contribution is -2.32. The summed E-state index contributed by atoms with van der Waals surface area (Å²) >= 11 is 0. The van der Waals surface area contributed by atoms with Crippen molar-refractivity contribution in [3.63, 3.8) is 0 Å². The largest absolute Gasteiger partial charge is 0.460 e. The number of nitrogens with zero attached hydrogens (tertiary/aromatic N) is 1. The minimum Gasteiger partial charge on any atom is -0.460 e. The number of aromatic nitrogens is 1. The monoisotopic (exact) mass is 306 g/mol. The molecule has 23 heavy (non-hydrogen) atoms. The van der Waals surface area contributed by atoms with Gasteiger partial charge in [-0.3, -0.25) is 0 Å². The third kappa shape index (κ3) is 1.73. The van der Waals surface area contributed by atoms with Crippen molar-refractivity contribution in [3.8, 4) is 22.8 Å². The molecular weight excluding hydrogens is 286 g/mol. The van der Waals surface area contributed by atoms with Crippen molar-refractivity contribution in [1.82, 2.24) is 0 Å². The van der Waals surface area contributed by atoms with Crippen LogP contribution in [0, 0.1) is 6.92 Å². The van der Waals surface area contributed by atoms with Crippen molar-refractivity contribution in [1.29, 1.82) is 0 Å². The van der Waals surface area contributed by atoms with E-state index in [0.29, 0.717) is 5.92 Å². The Morgan fingerprint density at radius 2 is 1.96 bits per heavy atom. The van der Waals surface area contributed by atoms with E-state index in [0.717, 1.165) is 22.5 Å². The molecule has 1 fully saturated rings. The van der Waals surface area contributed by atoms with Gasteiger partial charge in [0, 0.05) is 11.6 Å². The number of hydrogen-bond acceptors (Lipinski definition) is 2. The van der Waals surface area contributed by atoms with E-state index < -0.39 is 0 Å². The van der Waals surface area contributed by atoms with Crippen LogP contribution in [0.25, 0.3) is 22.2 Å². The lowest BCUT2D eigenvalue weighted by molar-refractivity contribution is -0.660. The first-order valence-electron chi connectivity index (χ1n) is 8.45. The summed E-state index contributed by atoms with van der Waals surface area (Å²) in [4.78, 5) is 0. The molecular formula is C20H20NO2+. The predicted molar refractivity (Wildman–Crippen MR) is 88.8 cm³/mol. The topological polar surface area (TPSA) is 26.2 Å². The smallest absolute Gasteiger partial charge is 0.256 e. The van der Waals surface area contributed by atoms with Gasteiger partial charge in [0.1, 0.15) is 18.9 Å². The van der Waals surface area contributed by atoms with Crippen LogP contribution in [0.2, 0.25) is 0 Å². The Balaban J connectivity index is 1.85. The molecule has 3 heteroatoms. The molecule has 0 amide bonds. The van der Waals surface area contributed by atoms with Gasteiger partial charge in [0.05, 0.1) is 10.9 Å². The van der Waals surface area contributed by atoms with E-state index >= 15 is 0 Å². The van der Waals surface area contributed by atoms with Crippen LogP contribution < -0.4 is 9.30 Å². The molecule has 0 radical (unpaired) electrons. The van der Waals surface area contributed by atoms with Crippen LogP contribution >= 0.6 is 0 Å². The Bertz CT molecular complexity index is 932. The van der Waals surface area contributed by atoms with Crippen LogP contribution in [-0.4, -0.2) is 0 Å². The van der Waals surface area contributed by atoms with E-state index in [-0.39, 0.29) is 0 Å². The summed E-state index contributed by atoms with van der Waals surface area (Å²) in [6, 6.07) is 6.42. The standard InChI is InChI=1S/C20H20NO2/c1-12-7-8-15-18-16(11-22-15)23-20-14(13-5-3-4-6-13)9-10-21(2)19(20)17(12)18/h7-11,13H,3-6H2,1-2H3/q+1. The van der Waals surface area contributed by atoms with Gasteiger partial charge in [-0.15, -0.1) is 0 Å². The van der Waals surface area contributed by atoms with E-state index in [4.69, 9.17) is 9.15 Å². The second-order valence-electron chi connectivity index (χ2n) is 6.87. The first-order chi connectivity index (χ1) is 11.2. The molecule has 1 aliphatic heterocycles. The molecule has 1 aliphatic carbocycles. The molecule has 1 aromatic carbocycles. The molecule has 0 bridgehead atoms. The summed E-state index contributed by atoms with van der Waals surface area (Å²) < 4.78 is 14.3. The summed E-state index contributed by atoms with van der Waals surface area (Å²) in [7, 11) is 2.10. The zero-order valence-corrected chi connectivity index (χ0v) is 13.6. The van der Waals surface area contributed by atoms with Gasteiger partial charge in [-0.2, -0.15) is 4.57 Å². The van der Waals surface area contributed by atoms with Crippen molar-refractivity contribution < 1.29 is 13.7 Å². The molecule has 0 saturated heterocycles. The maximum Gasteiger partial charge on any atom is 0.256 e. The number of hydrogen-bond donors (Lipinski definition) is 0. The molecule has 0 unspecified atom stereocenters. The van der Waals surface area contributed by atoms with Crippen molar-refractivity contribution in [3.05, 3.63) is 41.8 Å². The second-order valence-corrected chi connectivity index (χ2v) is 6.87. The van der Waals surface area contributed by atoms with E-state index in [2.05, 4.69) is 36.9 Å². The number of pyridine rings is 1. The molecule has 2 aliphatic rings. The highest BCUT2D eigenvalue weighted by atomic mass is 16.5. The Hall–Kier alpha value is -2.29. The Morgan fingerprint density at radius 1 is 1.13 bits per heavy atom. The minimum absolute atomic E-state index is 0.623. The van der Waals surface area contributed by atoms with Gasteiger partial charge in [0.25, 0.3) is 5.69 Å². The summed E-state index contributed by atoms with van der Waals surface area (Å²) in [6.45, 7) is 2.17. The molecule has 0 spiro atoms. The van der Waals surface area contributed by atoms with E-state index in [1.807, 2.05) is 6.07 Å². The zero-order chi connectivity index (χ0) is 15.6. The number of fused-ring (bicyclic) bond motifs is 2. The van der Waals surface area contributed by atoms with Gasteiger partial charge in [-0.05, 0) is 37.3 Å². The van der Waals surface area contributed by atoms with Crippen LogP contribution in [0.1, 0.15) is 42.7 Å². The quantitative estimate of drug-likeness (QED) is 0.463. The molecule has 0 atom stereocenters. The van der Waals surface area contributed by atoms with Crippen LogP contribution in [0.5, 0.6) is 11.5 Å². The summed E-state index contributed by atoms with van der Waals surface area (Å²) in [5.74, 6) is 2.51. The van der Waals surface area contributed by atoms with Gasteiger partial charge in [0.2, 0.25) is 5.75 Å². The highest BCUT2D eigenvalue weighted by Crippen LogP contribution is 2.51.